The Morgan fingerprint density at radius 2 is 1.63 bits per heavy atom. The average Bonchev–Trinajstić information content (AvgIpc) is 3.17. The molecule has 8 atom stereocenters. The summed E-state index contributed by atoms with van der Waals surface area (Å²) in [6.45, 7) is 0. The zero-order valence-electron chi connectivity index (χ0n) is 27.7. The molecule has 1 nitrogen and oxygen atoms in total. The predicted octanol–water partition coefficient (Wildman–Crippen LogP) is 9.46. The monoisotopic (exact) mass is 632 g/mol. The van der Waals surface area contributed by atoms with Crippen molar-refractivity contribution in [2.45, 2.75) is 49.7 Å². The summed E-state index contributed by atoms with van der Waals surface area (Å²) < 4.78 is 7.17. The lowest BCUT2D eigenvalue weighted by Crippen LogP contribution is -2.52. The molecule has 1 saturated heterocycles. The van der Waals surface area contributed by atoms with Crippen molar-refractivity contribution in [2.24, 2.45) is 23.7 Å². The van der Waals surface area contributed by atoms with Crippen LogP contribution in [0.5, 0.6) is 0 Å². The SMILES string of the molecule is C1=CC2C(OC3C=c4ccccc4=C4C=CCC2C43)C(c2ccc3c(c2)C2C=Cc4cc(C5=CCC6CCC=CC6=C5)ccc4C2C=C3)=C1. The molecule has 1 heterocycles. The first kappa shape index (κ1) is 28.2. The quantitative estimate of drug-likeness (QED) is 0.274. The van der Waals surface area contributed by atoms with Crippen LogP contribution in [0.1, 0.15) is 70.9 Å². The van der Waals surface area contributed by atoms with Crippen molar-refractivity contribution in [3.63, 3.8) is 0 Å². The minimum Gasteiger partial charge on any atom is -0.365 e. The fourth-order valence-corrected chi connectivity index (χ4v) is 10.5. The molecule has 0 spiro atoms. The van der Waals surface area contributed by atoms with Gasteiger partial charge in [0, 0.05) is 23.7 Å². The second kappa shape index (κ2) is 10.9. The Kier molecular flexibility index (Phi) is 6.26. The molecule has 0 aromatic heterocycles. The van der Waals surface area contributed by atoms with E-state index in [4.69, 9.17) is 4.74 Å². The second-order valence-corrected chi connectivity index (χ2v) is 15.3. The highest BCUT2D eigenvalue weighted by Crippen LogP contribution is 2.52. The molecule has 0 N–H and O–H groups in total. The zero-order chi connectivity index (χ0) is 32.1. The molecule has 8 unspecified atom stereocenters. The maximum Gasteiger partial charge on any atom is 0.0904 e. The molecule has 0 amide bonds. The molecule has 11 rings (SSSR count). The Bertz CT molecular complexity index is 2310. The Hall–Kier alpha value is -4.72. The predicted molar refractivity (Wildman–Crippen MR) is 203 cm³/mol. The van der Waals surface area contributed by atoms with Gasteiger partial charge in [0.2, 0.25) is 0 Å². The van der Waals surface area contributed by atoms with Crippen molar-refractivity contribution < 1.29 is 4.74 Å². The lowest BCUT2D eigenvalue weighted by molar-refractivity contribution is -0.0634. The number of rotatable bonds is 2. The van der Waals surface area contributed by atoms with Gasteiger partial charge in [-0.15, -0.1) is 0 Å². The molecule has 238 valence electrons. The summed E-state index contributed by atoms with van der Waals surface area (Å²) in [4.78, 5) is 0. The smallest absolute Gasteiger partial charge is 0.0904 e. The van der Waals surface area contributed by atoms with Crippen LogP contribution in [-0.2, 0) is 4.74 Å². The molecule has 49 heavy (non-hydrogen) atoms. The van der Waals surface area contributed by atoms with Crippen molar-refractivity contribution in [1.29, 1.82) is 0 Å². The van der Waals surface area contributed by atoms with Crippen molar-refractivity contribution in [3.05, 3.63) is 177 Å². The van der Waals surface area contributed by atoms with Crippen LogP contribution in [0.15, 0.2) is 133 Å². The van der Waals surface area contributed by atoms with Gasteiger partial charge in [0.15, 0.2) is 0 Å². The highest BCUT2D eigenvalue weighted by molar-refractivity contribution is 5.81. The third kappa shape index (κ3) is 4.35. The standard InChI is InChI=1S/C48H40O/c1-2-8-31-25-32(17-15-29(31)7-1)33-20-22-38-35(26-33)21-24-41-40(38)23-19-30-16-18-36(27-45(30)41)39-11-5-14-44-43-13-6-12-42-37-10-4-3-9-34(37)28-46(47(42)43)49-48(39)44/h2-6,8-12,14,16-29,40-41,43-44,46-48H,1,7,13,15H2. The molecule has 1 fully saturated rings. The number of hydrogen-bond donors (Lipinski definition) is 0. The normalized spacial score (nSPS) is 32.2. The first-order valence-corrected chi connectivity index (χ1v) is 18.5. The highest BCUT2D eigenvalue weighted by atomic mass is 16.5. The van der Waals surface area contributed by atoms with Crippen molar-refractivity contribution >= 4 is 34.9 Å². The van der Waals surface area contributed by atoms with E-state index >= 15 is 0 Å². The van der Waals surface area contributed by atoms with E-state index in [0.717, 1.165) is 12.8 Å². The maximum atomic E-state index is 7.17. The van der Waals surface area contributed by atoms with Crippen molar-refractivity contribution in [1.82, 2.24) is 0 Å². The molecule has 1 aliphatic heterocycles. The fraction of sp³-hybridized carbons (Fsp3) is 0.250. The number of fused-ring (bicyclic) bond motifs is 9. The van der Waals surface area contributed by atoms with Crippen LogP contribution in [0, 0.1) is 23.7 Å². The van der Waals surface area contributed by atoms with Crippen LogP contribution in [-0.4, -0.2) is 12.2 Å². The van der Waals surface area contributed by atoms with Gasteiger partial charge in [0.25, 0.3) is 0 Å². The van der Waals surface area contributed by atoms with Crippen LogP contribution >= 0.6 is 0 Å². The number of allylic oxidation sites excluding steroid dienone is 12. The van der Waals surface area contributed by atoms with Gasteiger partial charge < -0.3 is 4.74 Å². The van der Waals surface area contributed by atoms with Gasteiger partial charge >= 0.3 is 0 Å². The molecule has 0 bridgehead atoms. The topological polar surface area (TPSA) is 9.23 Å². The molecule has 7 aliphatic carbocycles. The van der Waals surface area contributed by atoms with E-state index in [0.29, 0.717) is 35.5 Å². The second-order valence-electron chi connectivity index (χ2n) is 15.3. The lowest BCUT2D eigenvalue weighted by atomic mass is 9.63. The van der Waals surface area contributed by atoms with Crippen LogP contribution in [0.25, 0.3) is 34.9 Å². The third-order valence-electron chi connectivity index (χ3n) is 12.9. The van der Waals surface area contributed by atoms with E-state index in [1.165, 1.54) is 79.0 Å². The van der Waals surface area contributed by atoms with Gasteiger partial charge in [0.1, 0.15) is 0 Å². The van der Waals surface area contributed by atoms with E-state index in [1.807, 2.05) is 0 Å². The van der Waals surface area contributed by atoms with Crippen LogP contribution < -0.4 is 10.4 Å². The molecule has 3 aromatic carbocycles. The van der Waals surface area contributed by atoms with Crippen LogP contribution in [0.2, 0.25) is 0 Å². The van der Waals surface area contributed by atoms with Gasteiger partial charge in [-0.05, 0) is 116 Å². The maximum absolute atomic E-state index is 7.17. The molecular weight excluding hydrogens is 593 g/mol. The Balaban J connectivity index is 0.915. The zero-order valence-corrected chi connectivity index (χ0v) is 27.7. The molecule has 8 aliphatic rings. The van der Waals surface area contributed by atoms with E-state index < -0.39 is 0 Å². The summed E-state index contributed by atoms with van der Waals surface area (Å²) in [5, 5.41) is 2.70. The van der Waals surface area contributed by atoms with E-state index in [2.05, 4.69) is 146 Å². The van der Waals surface area contributed by atoms with Gasteiger partial charge in [-0.2, -0.15) is 0 Å². The molecule has 1 heteroatoms. The lowest BCUT2D eigenvalue weighted by Gasteiger charge is -2.50. The first-order chi connectivity index (χ1) is 24.3. The van der Waals surface area contributed by atoms with Gasteiger partial charge in [-0.25, -0.2) is 0 Å². The van der Waals surface area contributed by atoms with Crippen molar-refractivity contribution in [3.8, 4) is 0 Å². The number of ether oxygens (including phenoxy) is 1. The number of hydrogen-bond acceptors (Lipinski definition) is 1. The summed E-state index contributed by atoms with van der Waals surface area (Å²) in [5.74, 6) is 2.71. The minimum atomic E-state index is 0.0583. The van der Waals surface area contributed by atoms with E-state index in [-0.39, 0.29) is 12.2 Å². The summed E-state index contributed by atoms with van der Waals surface area (Å²) in [5.41, 5.74) is 13.9. The van der Waals surface area contributed by atoms with E-state index in [1.54, 1.807) is 0 Å². The molecule has 0 radical (unpaired) electrons. The molecule has 3 aromatic rings. The summed E-state index contributed by atoms with van der Waals surface area (Å²) in [6.07, 6.45) is 38.5. The minimum absolute atomic E-state index is 0.0583. The first-order valence-electron chi connectivity index (χ1n) is 18.5. The van der Waals surface area contributed by atoms with Gasteiger partial charge in [-0.1, -0.05) is 134 Å². The van der Waals surface area contributed by atoms with Crippen LogP contribution in [0.4, 0.5) is 0 Å². The molecule has 0 saturated carbocycles. The summed E-state index contributed by atoms with van der Waals surface area (Å²) in [6, 6.07) is 23.2. The summed E-state index contributed by atoms with van der Waals surface area (Å²) in [7, 11) is 0. The Morgan fingerprint density at radius 1 is 0.735 bits per heavy atom. The van der Waals surface area contributed by atoms with E-state index in [9.17, 15) is 0 Å². The fourth-order valence-electron chi connectivity index (χ4n) is 10.5. The van der Waals surface area contributed by atoms with Gasteiger partial charge in [-0.3, -0.25) is 0 Å². The Labute approximate surface area is 289 Å². The average molecular weight is 633 g/mol. The third-order valence-corrected chi connectivity index (χ3v) is 12.9. The van der Waals surface area contributed by atoms with Crippen LogP contribution in [0.3, 0.4) is 0 Å². The Morgan fingerprint density at radius 3 is 2.61 bits per heavy atom. The number of benzene rings is 3. The highest BCUT2D eigenvalue weighted by Gasteiger charge is 2.48. The van der Waals surface area contributed by atoms with Crippen molar-refractivity contribution in [2.75, 3.05) is 0 Å². The largest absolute Gasteiger partial charge is 0.365 e. The summed E-state index contributed by atoms with van der Waals surface area (Å²) >= 11 is 0. The van der Waals surface area contributed by atoms with Gasteiger partial charge in [0.05, 0.1) is 12.2 Å². The molecular formula is C48H40O.